The van der Waals surface area contributed by atoms with Crippen LogP contribution in [0, 0.1) is 39.6 Å². The van der Waals surface area contributed by atoms with Gasteiger partial charge in [-0.05, 0) is 127 Å². The topological polar surface area (TPSA) is 264 Å². The first-order valence-corrected chi connectivity index (χ1v) is 29.5. The van der Waals surface area contributed by atoms with Gasteiger partial charge in [0.2, 0.25) is 0 Å². The molecule has 85 heavy (non-hydrogen) atoms. The summed E-state index contributed by atoms with van der Waals surface area (Å²) in [7, 11) is 0. The molecule has 5 fully saturated rings. The van der Waals surface area contributed by atoms with Gasteiger partial charge in [0.25, 0.3) is 0 Å². The van der Waals surface area contributed by atoms with Gasteiger partial charge in [-0.25, -0.2) is 43.1 Å². The van der Waals surface area contributed by atoms with Crippen LogP contribution in [0.4, 0.5) is 30.6 Å². The number of piperazine rings is 2. The van der Waals surface area contributed by atoms with Crippen molar-refractivity contribution < 1.29 is 33.4 Å². The first-order chi connectivity index (χ1) is 40.7. The Labute approximate surface area is 501 Å². The van der Waals surface area contributed by atoms with Crippen molar-refractivity contribution in [3.8, 4) is 34.2 Å². The highest BCUT2D eigenvalue weighted by molar-refractivity contribution is 5.91. The summed E-state index contributed by atoms with van der Waals surface area (Å²) in [5, 5.41) is 52.1. The van der Waals surface area contributed by atoms with Crippen LogP contribution in [0.3, 0.4) is 0 Å². The Hall–Kier alpha value is -7.70. The molecule has 0 aromatic carbocycles. The first kappa shape index (κ1) is 57.7. The number of nitrogens with one attached hydrogen (secondary N) is 5. The second-order valence-corrected chi connectivity index (χ2v) is 25.5. The number of nitrogens with two attached hydrogens (primary N) is 1. The van der Waals surface area contributed by atoms with Crippen LogP contribution in [0.2, 0.25) is 0 Å². The molecule has 23 heteroatoms. The molecule has 6 atom stereocenters. The fourth-order valence-electron chi connectivity index (χ4n) is 12.8. The van der Waals surface area contributed by atoms with E-state index in [0.29, 0.717) is 64.7 Å². The third kappa shape index (κ3) is 10.9. The quantitative estimate of drug-likeness (QED) is 0.0599. The van der Waals surface area contributed by atoms with E-state index in [-0.39, 0.29) is 67.3 Å². The van der Waals surface area contributed by atoms with Gasteiger partial charge in [-0.1, -0.05) is 48.5 Å². The lowest BCUT2D eigenvalue weighted by molar-refractivity contribution is 0.0639. The van der Waals surface area contributed by atoms with Gasteiger partial charge < -0.3 is 41.3 Å². The number of nitrogens with zero attached hydrogens (tertiary/aromatic N) is 12. The second kappa shape index (κ2) is 22.3. The SMILES string of the molecule is CC1(C)CC1(O)C1CN(c2ccc(F)c(-c3[nH]nc4ncccc34)n2)CCN1.CC1(C)CC1(O)C1CN(c2ccc(F)c(-c3[nH]nc4ncccc34)n2)CCN1.CCC(C)(C)C(N)C1CCCN(c2ccc(F)c(-c3[nH]nc4ncccc34)n2)C1.[HH].[HH].[HH].[HH].[HH].[HH].[HH]. The summed E-state index contributed by atoms with van der Waals surface area (Å²) in [5.74, 6) is 1.36. The number of aromatic nitrogens is 12. The van der Waals surface area contributed by atoms with E-state index < -0.39 is 22.8 Å². The smallest absolute Gasteiger partial charge is 0.181 e. The van der Waals surface area contributed by atoms with Crippen LogP contribution < -0.4 is 31.1 Å². The van der Waals surface area contributed by atoms with Crippen LogP contribution in [-0.2, 0) is 0 Å². The number of aromatic amines is 3. The second-order valence-electron chi connectivity index (χ2n) is 25.5. The highest BCUT2D eigenvalue weighted by Gasteiger charge is 2.66. The molecule has 0 bridgehead atoms. The fraction of sp³-hybridized carbons (Fsp3) is 0.468. The van der Waals surface area contributed by atoms with Gasteiger partial charge in [-0.15, -0.1) is 0 Å². The number of aliphatic hydroxyl groups is 2. The summed E-state index contributed by atoms with van der Waals surface area (Å²) >= 11 is 0. The average molecular weight is 1180 g/mol. The molecule has 3 saturated heterocycles. The number of hydrogen-bond donors (Lipinski definition) is 8. The number of rotatable bonds is 11. The number of pyridine rings is 6. The van der Waals surface area contributed by atoms with Crippen molar-refractivity contribution in [3.63, 3.8) is 0 Å². The molecule has 3 aliphatic heterocycles. The van der Waals surface area contributed by atoms with Crippen LogP contribution in [0.1, 0.15) is 90.6 Å². The van der Waals surface area contributed by atoms with Gasteiger partial charge in [0, 0.05) is 103 Å². The molecule has 14 rings (SSSR count). The van der Waals surface area contributed by atoms with Crippen molar-refractivity contribution >= 4 is 50.6 Å². The van der Waals surface area contributed by atoms with Gasteiger partial charge >= 0.3 is 0 Å². The molecular weight excluding hydrogens is 1090 g/mol. The van der Waals surface area contributed by atoms with Crippen molar-refractivity contribution in [1.82, 2.24) is 71.1 Å². The highest BCUT2D eigenvalue weighted by atomic mass is 19.1. The molecule has 0 amide bonds. The molecule has 6 unspecified atom stereocenters. The van der Waals surface area contributed by atoms with E-state index in [9.17, 15) is 23.4 Å². The van der Waals surface area contributed by atoms with E-state index in [1.807, 2.05) is 24.3 Å². The minimum absolute atomic E-state index is 0. The number of hydrogen-bond acceptors (Lipinski definition) is 17. The zero-order valence-electron chi connectivity index (χ0n) is 49.1. The summed E-state index contributed by atoms with van der Waals surface area (Å²) < 4.78 is 43.9. The predicted octanol–water partition coefficient (Wildman–Crippen LogP) is 10.1. The maximum Gasteiger partial charge on any atom is 0.181 e. The van der Waals surface area contributed by atoms with E-state index in [0.717, 1.165) is 93.3 Å². The van der Waals surface area contributed by atoms with Crippen molar-refractivity contribution in [2.24, 2.45) is 27.9 Å². The number of piperidine rings is 1. The van der Waals surface area contributed by atoms with Gasteiger partial charge in [0.05, 0.1) is 40.4 Å². The summed E-state index contributed by atoms with van der Waals surface area (Å²) in [5.41, 5.74) is 9.11. The summed E-state index contributed by atoms with van der Waals surface area (Å²) in [6.45, 7) is 21.0. The zero-order valence-corrected chi connectivity index (χ0v) is 49.1. The molecule has 0 radical (unpaired) electrons. The first-order valence-electron chi connectivity index (χ1n) is 29.5. The van der Waals surface area contributed by atoms with Gasteiger partial charge in [0.15, 0.2) is 34.4 Å². The minimum atomic E-state index is -0.709. The zero-order chi connectivity index (χ0) is 59.6. The van der Waals surface area contributed by atoms with Crippen LogP contribution in [0.15, 0.2) is 91.4 Å². The van der Waals surface area contributed by atoms with E-state index in [4.69, 9.17) is 5.73 Å². The van der Waals surface area contributed by atoms with Gasteiger partial charge in [-0.2, -0.15) is 15.3 Å². The van der Waals surface area contributed by atoms with Crippen LogP contribution in [0.5, 0.6) is 0 Å². The Morgan fingerprint density at radius 1 is 0.588 bits per heavy atom. The van der Waals surface area contributed by atoms with Crippen molar-refractivity contribution in [3.05, 3.63) is 109 Å². The monoisotopic (exact) mass is 1170 g/mol. The third-order valence-corrected chi connectivity index (χ3v) is 19.0. The summed E-state index contributed by atoms with van der Waals surface area (Å²) in [6.07, 6.45) is 9.75. The molecule has 9 aromatic heterocycles. The summed E-state index contributed by atoms with van der Waals surface area (Å²) in [6, 6.07) is 20.5. The summed E-state index contributed by atoms with van der Waals surface area (Å²) in [4.78, 5) is 32.9. The van der Waals surface area contributed by atoms with E-state index in [1.165, 1.54) is 18.2 Å². The number of fused-ring (bicyclic) bond motifs is 3. The maximum atomic E-state index is 14.7. The molecule has 5 aliphatic rings. The van der Waals surface area contributed by atoms with Crippen molar-refractivity contribution in [2.75, 3.05) is 67.1 Å². The molecule has 460 valence electrons. The van der Waals surface area contributed by atoms with Gasteiger partial charge in [-0.3, -0.25) is 15.3 Å². The van der Waals surface area contributed by atoms with E-state index in [1.54, 1.807) is 48.9 Å². The predicted molar refractivity (Wildman–Crippen MR) is 338 cm³/mol. The Balaban J connectivity index is 0.000000241. The lowest BCUT2D eigenvalue weighted by atomic mass is 9.73. The Morgan fingerprint density at radius 2 is 0.953 bits per heavy atom. The standard InChI is InChI=1S/C22H29FN6.2C20H23FN6O.7H2/c1-4-22(2,3)20(24)14-7-6-12-29(13-14)17-10-9-16(23)19(26-17)18-15-8-5-11-25-21(15)28-27-18;2*1-19(2)11-20(19,28)14-10-27(9-8-22-14)15-6-5-13(21)17(24-15)16-12-4-3-7-23-18(12)26-25-16;;;;;;;/h5,8-11,14,20H,4,6-7,12-13,24H2,1-3H3,(H,25,27,28);2*3-7,14,22,28H,8-11H2,1-2H3,(H,23,25,26);7*1H. The number of anilines is 3. The van der Waals surface area contributed by atoms with E-state index >= 15 is 0 Å². The molecule has 9 aromatic rings. The average Bonchev–Trinajstić information content (AvgIpc) is 1.59. The molecule has 9 N–H and O–H groups in total. The lowest BCUT2D eigenvalue weighted by Gasteiger charge is -2.42. The molecular formula is C62H89F3N18O2. The van der Waals surface area contributed by atoms with Crippen LogP contribution in [-0.4, -0.2) is 152 Å². The fourth-order valence-corrected chi connectivity index (χ4v) is 12.8. The lowest BCUT2D eigenvalue weighted by Crippen LogP contribution is -2.58. The molecule has 2 saturated carbocycles. The third-order valence-electron chi connectivity index (χ3n) is 19.0. The number of halogens is 3. The maximum absolute atomic E-state index is 14.7. The molecule has 12 heterocycles. The van der Waals surface area contributed by atoms with Crippen molar-refractivity contribution in [1.29, 1.82) is 0 Å². The molecule has 0 spiro atoms. The normalized spacial score (nSPS) is 24.0. The minimum Gasteiger partial charge on any atom is -0.388 e. The molecule has 20 nitrogen and oxygen atoms in total. The van der Waals surface area contributed by atoms with Crippen molar-refractivity contribution in [2.45, 2.75) is 110 Å². The van der Waals surface area contributed by atoms with Crippen LogP contribution in [0.25, 0.3) is 67.3 Å². The Morgan fingerprint density at radius 3 is 1.31 bits per heavy atom. The Kier molecular flexibility index (Phi) is 15.1. The molecule has 2 aliphatic carbocycles. The van der Waals surface area contributed by atoms with Crippen LogP contribution >= 0.6 is 0 Å². The number of H-pyrrole nitrogens is 3. The van der Waals surface area contributed by atoms with Gasteiger partial charge in [0.1, 0.15) is 34.5 Å². The Bertz CT molecular complexity index is 3750. The highest BCUT2D eigenvalue weighted by Crippen LogP contribution is 2.59. The van der Waals surface area contributed by atoms with E-state index in [2.05, 4.69) is 134 Å². The largest absolute Gasteiger partial charge is 0.388 e.